The van der Waals surface area contributed by atoms with Gasteiger partial charge in [-0.25, -0.2) is 0 Å². The van der Waals surface area contributed by atoms with Crippen LogP contribution in [0, 0.1) is 0 Å². The average Bonchev–Trinajstić information content (AvgIpc) is 3.18. The Labute approximate surface area is 162 Å². The molecular weight excluding hydrogens is 388 g/mol. The van der Waals surface area contributed by atoms with Crippen molar-refractivity contribution in [1.82, 2.24) is 9.47 Å². The van der Waals surface area contributed by atoms with Gasteiger partial charge in [0.1, 0.15) is 0 Å². The predicted octanol–water partition coefficient (Wildman–Crippen LogP) is 5.17. The number of nitrogens with zero attached hydrogens (tertiary/aromatic N) is 2. The normalized spacial score (nSPS) is 18.1. The van der Waals surface area contributed by atoms with E-state index in [2.05, 4.69) is 55.7 Å². The second-order valence-electron chi connectivity index (χ2n) is 7.62. The Morgan fingerprint density at radius 3 is 2.58 bits per heavy atom. The maximum absolute atomic E-state index is 12.2. The first kappa shape index (κ1) is 16.5. The molecular formula is C22H23BrN2O. The van der Waals surface area contributed by atoms with Gasteiger partial charge in [0.2, 0.25) is 0 Å². The molecule has 0 amide bonds. The quantitative estimate of drug-likeness (QED) is 0.594. The molecule has 0 spiro atoms. The van der Waals surface area contributed by atoms with Gasteiger partial charge >= 0.3 is 0 Å². The van der Waals surface area contributed by atoms with Crippen LogP contribution in [0.3, 0.4) is 0 Å². The van der Waals surface area contributed by atoms with Gasteiger partial charge in [-0.3, -0.25) is 4.79 Å². The zero-order chi connectivity index (χ0) is 17.7. The molecule has 0 N–H and O–H groups in total. The van der Waals surface area contributed by atoms with Gasteiger partial charge in [0.05, 0.1) is 0 Å². The lowest BCUT2D eigenvalue weighted by molar-refractivity contribution is 0.0994. The number of aryl methyl sites for hydroxylation is 1. The Kier molecular flexibility index (Phi) is 4.13. The average molecular weight is 411 g/mol. The van der Waals surface area contributed by atoms with Crippen molar-refractivity contribution in [3.05, 3.63) is 45.9 Å². The second-order valence-corrected chi connectivity index (χ2v) is 8.54. The van der Waals surface area contributed by atoms with Crippen LogP contribution in [-0.4, -0.2) is 34.9 Å². The van der Waals surface area contributed by atoms with Crippen molar-refractivity contribution in [1.29, 1.82) is 0 Å². The molecule has 0 atom stereocenters. The monoisotopic (exact) mass is 410 g/mol. The number of hydrogen-bond acceptors (Lipinski definition) is 2. The number of fused-ring (bicyclic) bond motifs is 5. The number of ketones is 1. The van der Waals surface area contributed by atoms with Gasteiger partial charge in [0, 0.05) is 51.4 Å². The van der Waals surface area contributed by atoms with E-state index in [1.54, 1.807) is 0 Å². The highest BCUT2D eigenvalue weighted by Crippen LogP contribution is 2.38. The van der Waals surface area contributed by atoms with Crippen molar-refractivity contribution in [2.24, 2.45) is 0 Å². The van der Waals surface area contributed by atoms with Crippen LogP contribution in [-0.2, 0) is 13.0 Å². The number of Topliss-reactive ketones (excluding diaryl/α,β-unsaturated/α-hetero) is 1. The molecule has 26 heavy (non-hydrogen) atoms. The summed E-state index contributed by atoms with van der Waals surface area (Å²) < 4.78 is 3.57. The van der Waals surface area contributed by atoms with E-state index in [0.29, 0.717) is 12.2 Å². The third-order valence-corrected chi connectivity index (χ3v) is 6.58. The third kappa shape index (κ3) is 2.62. The van der Waals surface area contributed by atoms with Crippen molar-refractivity contribution < 1.29 is 4.79 Å². The van der Waals surface area contributed by atoms with E-state index in [9.17, 15) is 4.79 Å². The molecule has 1 aliphatic heterocycles. The maximum atomic E-state index is 12.2. The molecule has 2 aliphatic rings. The molecule has 0 bridgehead atoms. The largest absolute Gasteiger partial charge is 0.339 e. The van der Waals surface area contributed by atoms with Gasteiger partial charge in [-0.15, -0.1) is 0 Å². The van der Waals surface area contributed by atoms with Gasteiger partial charge in [0.15, 0.2) is 5.78 Å². The summed E-state index contributed by atoms with van der Waals surface area (Å²) in [5.74, 6) is 0.297. The predicted molar refractivity (Wildman–Crippen MR) is 110 cm³/mol. The number of rotatable bonds is 3. The van der Waals surface area contributed by atoms with E-state index in [1.807, 2.05) is 0 Å². The van der Waals surface area contributed by atoms with Crippen LogP contribution < -0.4 is 0 Å². The summed E-state index contributed by atoms with van der Waals surface area (Å²) in [6.07, 6.45) is 5.57. The fourth-order valence-electron chi connectivity index (χ4n) is 4.79. The molecule has 5 rings (SSSR count). The highest BCUT2D eigenvalue weighted by Gasteiger charge is 2.25. The van der Waals surface area contributed by atoms with E-state index >= 15 is 0 Å². The number of halogens is 1. The minimum atomic E-state index is 0.297. The zero-order valence-corrected chi connectivity index (χ0v) is 16.5. The van der Waals surface area contributed by atoms with E-state index in [-0.39, 0.29) is 0 Å². The summed E-state index contributed by atoms with van der Waals surface area (Å²) in [6.45, 7) is 4.57. The van der Waals surface area contributed by atoms with Crippen LogP contribution in [0.1, 0.15) is 41.6 Å². The minimum Gasteiger partial charge on any atom is -0.339 e. The molecule has 3 aromatic rings. The molecule has 0 saturated carbocycles. The Morgan fingerprint density at radius 2 is 1.73 bits per heavy atom. The molecule has 1 saturated heterocycles. The van der Waals surface area contributed by atoms with Gasteiger partial charge < -0.3 is 9.47 Å². The fourth-order valence-corrected chi connectivity index (χ4v) is 5.16. The first-order valence-electron chi connectivity index (χ1n) is 9.71. The number of aromatic nitrogens is 1. The first-order chi connectivity index (χ1) is 12.7. The van der Waals surface area contributed by atoms with Crippen molar-refractivity contribution in [3.8, 4) is 0 Å². The Hall–Kier alpha value is -1.65. The van der Waals surface area contributed by atoms with E-state index in [1.165, 1.54) is 59.7 Å². The molecule has 0 unspecified atom stereocenters. The molecule has 2 heterocycles. The lowest BCUT2D eigenvalue weighted by Crippen LogP contribution is -2.32. The second kappa shape index (κ2) is 6.50. The number of carbonyl (C=O) groups excluding carboxylic acids is 1. The van der Waals surface area contributed by atoms with Crippen LogP contribution in [0.2, 0.25) is 0 Å². The zero-order valence-electron chi connectivity index (χ0n) is 14.9. The fraction of sp³-hybridized carbons (Fsp3) is 0.409. The topological polar surface area (TPSA) is 25.2 Å². The number of hydrogen-bond donors (Lipinski definition) is 0. The summed E-state index contributed by atoms with van der Waals surface area (Å²) in [6, 6.07) is 10.8. The molecule has 0 radical (unpaired) electrons. The van der Waals surface area contributed by atoms with Crippen molar-refractivity contribution >= 4 is 43.5 Å². The highest BCUT2D eigenvalue weighted by molar-refractivity contribution is 9.10. The number of piperidine rings is 1. The summed E-state index contributed by atoms with van der Waals surface area (Å²) >= 11 is 3.64. The SMILES string of the molecule is O=C1CCc2c1ccc1c2c2cc(Br)ccc2n1CCN1CCCCC1. The summed E-state index contributed by atoms with van der Waals surface area (Å²) in [5, 5.41) is 2.57. The Morgan fingerprint density at radius 1 is 0.923 bits per heavy atom. The van der Waals surface area contributed by atoms with Gasteiger partial charge in [0.25, 0.3) is 0 Å². The molecule has 1 aliphatic carbocycles. The van der Waals surface area contributed by atoms with E-state index in [4.69, 9.17) is 0 Å². The van der Waals surface area contributed by atoms with E-state index in [0.717, 1.165) is 29.5 Å². The first-order valence-corrected chi connectivity index (χ1v) is 10.5. The van der Waals surface area contributed by atoms with Crippen LogP contribution >= 0.6 is 15.9 Å². The van der Waals surface area contributed by atoms with Crippen LogP contribution in [0.15, 0.2) is 34.8 Å². The molecule has 2 aromatic carbocycles. The van der Waals surface area contributed by atoms with Crippen molar-refractivity contribution in [2.45, 2.75) is 38.6 Å². The standard InChI is InChI=1S/C22H23BrN2O/c23-15-4-7-19-18(14-15)22-17-6-9-21(26)16(17)5-8-20(22)25(19)13-12-24-10-2-1-3-11-24/h4-5,7-8,14H,1-3,6,9-13H2. The Balaban J connectivity index is 1.65. The number of carbonyl (C=O) groups is 1. The lowest BCUT2D eigenvalue weighted by Gasteiger charge is -2.26. The molecule has 4 heteroatoms. The van der Waals surface area contributed by atoms with Gasteiger partial charge in [-0.2, -0.15) is 0 Å². The molecule has 1 aromatic heterocycles. The van der Waals surface area contributed by atoms with E-state index < -0.39 is 0 Å². The lowest BCUT2D eigenvalue weighted by atomic mass is 10.0. The summed E-state index contributed by atoms with van der Waals surface area (Å²) in [4.78, 5) is 14.8. The number of benzene rings is 2. The van der Waals surface area contributed by atoms with Crippen molar-refractivity contribution in [3.63, 3.8) is 0 Å². The van der Waals surface area contributed by atoms with Gasteiger partial charge in [-0.1, -0.05) is 22.4 Å². The maximum Gasteiger partial charge on any atom is 0.163 e. The summed E-state index contributed by atoms with van der Waals surface area (Å²) in [5.41, 5.74) is 4.76. The Bertz CT molecular complexity index is 1010. The molecule has 3 nitrogen and oxygen atoms in total. The smallest absolute Gasteiger partial charge is 0.163 e. The minimum absolute atomic E-state index is 0.297. The molecule has 134 valence electrons. The molecule has 1 fully saturated rings. The van der Waals surface area contributed by atoms with Crippen LogP contribution in [0.25, 0.3) is 21.8 Å². The third-order valence-electron chi connectivity index (χ3n) is 6.09. The van der Waals surface area contributed by atoms with Crippen LogP contribution in [0.4, 0.5) is 0 Å². The number of likely N-dealkylation sites (tertiary alicyclic amines) is 1. The highest BCUT2D eigenvalue weighted by atomic mass is 79.9. The summed E-state index contributed by atoms with van der Waals surface area (Å²) in [7, 11) is 0. The van der Waals surface area contributed by atoms with Crippen LogP contribution in [0.5, 0.6) is 0 Å². The van der Waals surface area contributed by atoms with Gasteiger partial charge in [-0.05, 0) is 68.2 Å². The van der Waals surface area contributed by atoms with Crippen molar-refractivity contribution in [2.75, 3.05) is 19.6 Å².